The second-order valence-corrected chi connectivity index (χ2v) is 8.74. The largest absolute Gasteiger partial charge is 0.459 e. The number of aromatic nitrogens is 1. The number of anilines is 1. The van der Waals surface area contributed by atoms with Crippen molar-refractivity contribution in [1.29, 1.82) is 0 Å². The maximum absolute atomic E-state index is 6.38. The highest BCUT2D eigenvalue weighted by Gasteiger charge is 2.42. The minimum atomic E-state index is -0.166. The molecule has 4 aromatic rings. The first-order valence-electron chi connectivity index (χ1n) is 10.0. The van der Waals surface area contributed by atoms with Crippen molar-refractivity contribution in [1.82, 2.24) is 10.3 Å². The number of nitrogens with one attached hydrogen (secondary N) is 1. The molecule has 5 rings (SSSR count). The van der Waals surface area contributed by atoms with E-state index in [0.29, 0.717) is 5.11 Å². The van der Waals surface area contributed by atoms with Gasteiger partial charge < -0.3 is 14.6 Å². The van der Waals surface area contributed by atoms with Crippen LogP contribution < -0.4 is 10.2 Å². The monoisotopic (exact) mass is 489 g/mol. The van der Waals surface area contributed by atoms with E-state index in [1.165, 1.54) is 0 Å². The first kappa shape index (κ1) is 20.0. The van der Waals surface area contributed by atoms with Crippen molar-refractivity contribution < 1.29 is 4.42 Å². The van der Waals surface area contributed by atoms with Gasteiger partial charge in [0, 0.05) is 21.9 Å². The Morgan fingerprint density at radius 2 is 1.81 bits per heavy atom. The minimum Gasteiger partial charge on any atom is -0.459 e. The molecule has 1 aliphatic heterocycles. The van der Waals surface area contributed by atoms with Crippen LogP contribution in [0.1, 0.15) is 29.1 Å². The number of furan rings is 1. The highest BCUT2D eigenvalue weighted by molar-refractivity contribution is 9.10. The Kier molecular flexibility index (Phi) is 5.34. The van der Waals surface area contributed by atoms with Crippen molar-refractivity contribution in [3.63, 3.8) is 0 Å². The van der Waals surface area contributed by atoms with Crippen molar-refractivity contribution in [2.75, 3.05) is 4.90 Å². The van der Waals surface area contributed by atoms with Gasteiger partial charge in [-0.3, -0.25) is 4.98 Å². The summed E-state index contributed by atoms with van der Waals surface area (Å²) in [4.78, 5) is 6.72. The molecule has 2 unspecified atom stereocenters. The van der Waals surface area contributed by atoms with Crippen LogP contribution >= 0.6 is 28.1 Å². The highest BCUT2D eigenvalue weighted by Crippen LogP contribution is 2.43. The highest BCUT2D eigenvalue weighted by atomic mass is 79.9. The van der Waals surface area contributed by atoms with Crippen LogP contribution in [0.25, 0.3) is 11.3 Å². The number of nitrogens with zero attached hydrogens (tertiary/aromatic N) is 2. The topological polar surface area (TPSA) is 41.3 Å². The van der Waals surface area contributed by atoms with E-state index in [2.05, 4.69) is 56.3 Å². The zero-order valence-corrected chi connectivity index (χ0v) is 19.2. The number of benzene rings is 2. The molecule has 2 atom stereocenters. The summed E-state index contributed by atoms with van der Waals surface area (Å²) in [5.74, 6) is 1.67. The van der Waals surface area contributed by atoms with Crippen molar-refractivity contribution in [2.24, 2.45) is 0 Å². The predicted molar refractivity (Wildman–Crippen MR) is 131 cm³/mol. The lowest BCUT2D eigenvalue weighted by atomic mass is 10.0. The van der Waals surface area contributed by atoms with Gasteiger partial charge in [-0.1, -0.05) is 52.3 Å². The van der Waals surface area contributed by atoms with Gasteiger partial charge >= 0.3 is 0 Å². The molecular weight excluding hydrogens is 470 g/mol. The van der Waals surface area contributed by atoms with E-state index < -0.39 is 0 Å². The number of thiocarbonyl (C=S) groups is 1. The van der Waals surface area contributed by atoms with Gasteiger partial charge in [0.2, 0.25) is 0 Å². The second kappa shape index (κ2) is 8.29. The summed E-state index contributed by atoms with van der Waals surface area (Å²) in [6, 6.07) is 26.1. The molecular formula is C25H20BrN3OS. The fraction of sp³-hybridized carbons (Fsp3) is 0.120. The molecule has 154 valence electrons. The minimum absolute atomic E-state index is 0.132. The molecule has 1 aliphatic rings. The number of hydrogen-bond acceptors (Lipinski definition) is 3. The van der Waals surface area contributed by atoms with E-state index in [4.69, 9.17) is 16.6 Å². The summed E-state index contributed by atoms with van der Waals surface area (Å²) in [5.41, 5.74) is 4.12. The van der Waals surface area contributed by atoms with Crippen molar-refractivity contribution in [2.45, 2.75) is 19.0 Å². The fourth-order valence-electron chi connectivity index (χ4n) is 3.97. The van der Waals surface area contributed by atoms with Gasteiger partial charge in [0.15, 0.2) is 5.11 Å². The number of rotatable bonds is 4. The Labute approximate surface area is 195 Å². The van der Waals surface area contributed by atoms with Crippen LogP contribution in [0.2, 0.25) is 0 Å². The fourth-order valence-corrected chi connectivity index (χ4v) is 4.56. The molecule has 6 heteroatoms. The quantitative estimate of drug-likeness (QED) is 0.327. The third kappa shape index (κ3) is 3.77. The first-order chi connectivity index (χ1) is 15.1. The molecule has 1 N–H and O–H groups in total. The second-order valence-electron chi connectivity index (χ2n) is 7.50. The Balaban J connectivity index is 1.61. The summed E-state index contributed by atoms with van der Waals surface area (Å²) < 4.78 is 7.45. The maximum atomic E-state index is 6.38. The molecule has 0 amide bonds. The normalized spacial score (nSPS) is 18.3. The zero-order chi connectivity index (χ0) is 21.4. The Hall–Kier alpha value is -2.96. The number of halogens is 1. The molecule has 0 saturated carbocycles. The summed E-state index contributed by atoms with van der Waals surface area (Å²) in [7, 11) is 0. The molecule has 0 spiro atoms. The Morgan fingerprint density at radius 1 is 1.00 bits per heavy atom. The SMILES string of the molecule is Cc1cc(N2C(=S)NC(c3ccccn3)C2c2ccc(-c3ccccc3)o2)ccc1Br. The predicted octanol–water partition coefficient (Wildman–Crippen LogP) is 6.59. The molecule has 0 radical (unpaired) electrons. The summed E-state index contributed by atoms with van der Waals surface area (Å²) in [6.45, 7) is 2.08. The van der Waals surface area contributed by atoms with E-state index in [-0.39, 0.29) is 12.1 Å². The summed E-state index contributed by atoms with van der Waals surface area (Å²) in [5, 5.41) is 4.13. The Morgan fingerprint density at radius 3 is 2.55 bits per heavy atom. The molecule has 2 aromatic carbocycles. The van der Waals surface area contributed by atoms with Crippen molar-refractivity contribution >= 4 is 38.9 Å². The van der Waals surface area contributed by atoms with Crippen molar-refractivity contribution in [3.8, 4) is 11.3 Å². The Bertz CT molecular complexity index is 1230. The summed E-state index contributed by atoms with van der Waals surface area (Å²) in [6.07, 6.45) is 1.81. The number of hydrogen-bond donors (Lipinski definition) is 1. The van der Waals surface area contributed by atoms with Crippen LogP contribution in [-0.2, 0) is 0 Å². The number of pyridine rings is 1. The van der Waals surface area contributed by atoms with E-state index in [1.54, 1.807) is 6.20 Å². The molecule has 0 bridgehead atoms. The molecule has 1 fully saturated rings. The first-order valence-corrected chi connectivity index (χ1v) is 11.2. The molecule has 0 aliphatic carbocycles. The average Bonchev–Trinajstić information content (AvgIpc) is 3.41. The van der Waals surface area contributed by atoms with E-state index >= 15 is 0 Å². The van der Waals surface area contributed by atoms with Crippen LogP contribution in [0.5, 0.6) is 0 Å². The van der Waals surface area contributed by atoms with Gasteiger partial charge in [-0.05, 0) is 67.2 Å². The van der Waals surface area contributed by atoms with Crippen LogP contribution in [0, 0.1) is 6.92 Å². The smallest absolute Gasteiger partial charge is 0.174 e. The maximum Gasteiger partial charge on any atom is 0.174 e. The lowest BCUT2D eigenvalue weighted by molar-refractivity contribution is 0.439. The van der Waals surface area contributed by atoms with Gasteiger partial charge in [0.25, 0.3) is 0 Å². The van der Waals surface area contributed by atoms with Gasteiger partial charge in [0.1, 0.15) is 17.6 Å². The van der Waals surface area contributed by atoms with Crippen LogP contribution in [0.15, 0.2) is 93.9 Å². The van der Waals surface area contributed by atoms with Crippen LogP contribution in [-0.4, -0.2) is 10.1 Å². The molecule has 1 saturated heterocycles. The zero-order valence-electron chi connectivity index (χ0n) is 16.8. The van der Waals surface area contributed by atoms with E-state index in [9.17, 15) is 0 Å². The average molecular weight is 490 g/mol. The molecule has 4 nitrogen and oxygen atoms in total. The van der Waals surface area contributed by atoms with Crippen molar-refractivity contribution in [3.05, 3.63) is 107 Å². The third-order valence-electron chi connectivity index (χ3n) is 5.49. The van der Waals surface area contributed by atoms with Crippen LogP contribution in [0.3, 0.4) is 0 Å². The lowest BCUT2D eigenvalue weighted by Crippen LogP contribution is -2.29. The van der Waals surface area contributed by atoms with Gasteiger partial charge in [-0.25, -0.2) is 0 Å². The van der Waals surface area contributed by atoms with E-state index in [1.807, 2.05) is 60.7 Å². The van der Waals surface area contributed by atoms with E-state index in [0.717, 1.165) is 38.5 Å². The number of aryl methyl sites for hydroxylation is 1. The van der Waals surface area contributed by atoms with Crippen LogP contribution in [0.4, 0.5) is 5.69 Å². The van der Waals surface area contributed by atoms with Gasteiger partial charge in [-0.15, -0.1) is 0 Å². The van der Waals surface area contributed by atoms with Gasteiger partial charge in [0.05, 0.1) is 11.7 Å². The third-order valence-corrected chi connectivity index (χ3v) is 6.70. The van der Waals surface area contributed by atoms with Gasteiger partial charge in [-0.2, -0.15) is 0 Å². The molecule has 2 aromatic heterocycles. The lowest BCUT2D eigenvalue weighted by Gasteiger charge is -2.26. The standard InChI is InChI=1S/C25H20BrN3OS/c1-16-15-18(10-11-19(16)26)29-24(23(28-25(29)31)20-9-5-6-14-27-20)22-13-12-21(30-22)17-7-3-2-4-8-17/h2-15,23-24H,1H3,(H,28,31). The molecule has 3 heterocycles. The summed E-state index contributed by atoms with van der Waals surface area (Å²) >= 11 is 9.38. The molecule has 31 heavy (non-hydrogen) atoms.